The largest absolute Gasteiger partial charge is 0.368 e. The lowest BCUT2D eigenvalue weighted by Gasteiger charge is -2.15. The summed E-state index contributed by atoms with van der Waals surface area (Å²) in [4.78, 5) is 2.77. The van der Waals surface area contributed by atoms with Crippen LogP contribution in [0.15, 0.2) is 30.8 Å². The summed E-state index contributed by atoms with van der Waals surface area (Å²) < 4.78 is 0. The van der Waals surface area contributed by atoms with Crippen molar-refractivity contribution in [2.75, 3.05) is 14.1 Å². The Labute approximate surface area is 84.7 Å². The first kappa shape index (κ1) is 9.93. The molecule has 0 N–H and O–H groups in total. The van der Waals surface area contributed by atoms with Crippen LogP contribution in [0.3, 0.4) is 0 Å². The van der Waals surface area contributed by atoms with Crippen molar-refractivity contribution in [1.82, 2.24) is 4.90 Å². The Morgan fingerprint density at radius 3 is 2.54 bits per heavy atom. The van der Waals surface area contributed by atoms with Crippen LogP contribution in [0.25, 0.3) is 6.08 Å². The minimum atomic E-state index is 0.843. The van der Waals surface area contributed by atoms with Gasteiger partial charge in [-0.3, -0.25) is 0 Å². The van der Waals surface area contributed by atoms with Crippen LogP contribution in [0.4, 0.5) is 0 Å². The van der Waals surface area contributed by atoms with E-state index in [1.165, 1.54) is 0 Å². The molecule has 0 atom stereocenters. The van der Waals surface area contributed by atoms with Gasteiger partial charge < -0.3 is 4.90 Å². The zero-order valence-corrected chi connectivity index (χ0v) is 8.77. The molecule has 0 amide bonds. The minimum Gasteiger partial charge on any atom is -0.368 e. The fourth-order valence-electron chi connectivity index (χ4n) is 1.11. The summed E-state index contributed by atoms with van der Waals surface area (Å²) in [6.45, 7) is 3.76. The highest BCUT2D eigenvalue weighted by atomic mass is 32.1. The number of hydrogen-bond acceptors (Lipinski definition) is 1. The smallest absolute Gasteiger partial charge is 0.109 e. The second-order valence-electron chi connectivity index (χ2n) is 2.99. The van der Waals surface area contributed by atoms with Gasteiger partial charge in [0.1, 0.15) is 4.99 Å². The number of nitrogens with zero attached hydrogens (tertiary/aromatic N) is 1. The molecule has 1 rings (SSSR count). The molecule has 0 radical (unpaired) electrons. The van der Waals surface area contributed by atoms with Gasteiger partial charge in [-0.05, 0) is 5.56 Å². The van der Waals surface area contributed by atoms with Crippen molar-refractivity contribution in [1.29, 1.82) is 0 Å². The first-order chi connectivity index (χ1) is 6.16. The van der Waals surface area contributed by atoms with Gasteiger partial charge in [0, 0.05) is 19.7 Å². The van der Waals surface area contributed by atoms with Crippen molar-refractivity contribution in [3.63, 3.8) is 0 Å². The van der Waals surface area contributed by atoms with Gasteiger partial charge >= 0.3 is 0 Å². The van der Waals surface area contributed by atoms with E-state index < -0.39 is 0 Å². The molecular weight excluding hydrogens is 178 g/mol. The molecule has 13 heavy (non-hydrogen) atoms. The maximum Gasteiger partial charge on any atom is 0.109 e. The molecule has 0 fully saturated rings. The van der Waals surface area contributed by atoms with E-state index in [1.54, 1.807) is 0 Å². The van der Waals surface area contributed by atoms with E-state index in [0.29, 0.717) is 0 Å². The van der Waals surface area contributed by atoms with E-state index in [4.69, 9.17) is 12.2 Å². The molecule has 0 saturated carbocycles. The highest BCUT2D eigenvalue weighted by Gasteiger charge is 2.05. The lowest BCUT2D eigenvalue weighted by Crippen LogP contribution is -2.21. The summed E-state index contributed by atoms with van der Waals surface area (Å²) >= 11 is 5.28. The van der Waals surface area contributed by atoms with E-state index in [1.807, 2.05) is 49.3 Å². The topological polar surface area (TPSA) is 3.24 Å². The summed E-state index contributed by atoms with van der Waals surface area (Å²) in [5.74, 6) is 0. The van der Waals surface area contributed by atoms with E-state index in [0.717, 1.165) is 16.1 Å². The molecule has 0 aliphatic rings. The van der Waals surface area contributed by atoms with Crippen molar-refractivity contribution in [3.05, 3.63) is 42.0 Å². The van der Waals surface area contributed by atoms with Crippen LogP contribution >= 0.6 is 12.2 Å². The van der Waals surface area contributed by atoms with Crippen molar-refractivity contribution in [2.24, 2.45) is 0 Å². The Hall–Kier alpha value is -1.15. The van der Waals surface area contributed by atoms with Crippen LogP contribution in [0, 0.1) is 0 Å². The fourth-order valence-corrected chi connectivity index (χ4v) is 1.30. The molecule has 0 bridgehead atoms. The second kappa shape index (κ2) is 4.19. The van der Waals surface area contributed by atoms with Crippen molar-refractivity contribution < 1.29 is 0 Å². The van der Waals surface area contributed by atoms with Crippen LogP contribution < -0.4 is 0 Å². The standard InChI is InChI=1S/C11H13NS/c1-4-9-7-5-6-8-10(9)11(13)12(2)3/h4-8H,1H2,2-3H3. The molecule has 0 heterocycles. The van der Waals surface area contributed by atoms with Gasteiger partial charge in [0.25, 0.3) is 0 Å². The van der Waals surface area contributed by atoms with Crippen molar-refractivity contribution in [2.45, 2.75) is 0 Å². The van der Waals surface area contributed by atoms with Gasteiger partial charge in [-0.25, -0.2) is 0 Å². The molecule has 0 unspecified atom stereocenters. The highest BCUT2D eigenvalue weighted by molar-refractivity contribution is 7.80. The molecule has 1 aromatic rings. The Balaban J connectivity index is 3.13. The Bertz CT molecular complexity index is 329. The van der Waals surface area contributed by atoms with Gasteiger partial charge in [-0.15, -0.1) is 0 Å². The molecule has 2 heteroatoms. The predicted octanol–water partition coefficient (Wildman–Crippen LogP) is 2.57. The molecule has 0 aliphatic heterocycles. The van der Waals surface area contributed by atoms with Gasteiger partial charge in [0.05, 0.1) is 0 Å². The quantitative estimate of drug-likeness (QED) is 0.661. The number of rotatable bonds is 2. The van der Waals surface area contributed by atoms with Gasteiger partial charge in [-0.1, -0.05) is 49.1 Å². The monoisotopic (exact) mass is 191 g/mol. The predicted molar refractivity (Wildman–Crippen MR) is 61.9 cm³/mol. The van der Waals surface area contributed by atoms with Crippen LogP contribution in [-0.2, 0) is 0 Å². The molecule has 0 aliphatic carbocycles. The molecule has 1 aromatic carbocycles. The molecular formula is C11H13NS. The zero-order valence-electron chi connectivity index (χ0n) is 7.95. The van der Waals surface area contributed by atoms with E-state index >= 15 is 0 Å². The van der Waals surface area contributed by atoms with E-state index in [-0.39, 0.29) is 0 Å². The first-order valence-corrected chi connectivity index (χ1v) is 4.50. The lowest BCUT2D eigenvalue weighted by molar-refractivity contribution is 0.636. The van der Waals surface area contributed by atoms with Gasteiger partial charge in [0.15, 0.2) is 0 Å². The van der Waals surface area contributed by atoms with Crippen molar-refractivity contribution >= 4 is 23.3 Å². The Morgan fingerprint density at radius 2 is 2.00 bits per heavy atom. The molecule has 68 valence electrons. The lowest BCUT2D eigenvalue weighted by atomic mass is 10.1. The maximum atomic E-state index is 5.28. The molecule has 1 nitrogen and oxygen atoms in total. The van der Waals surface area contributed by atoms with Crippen molar-refractivity contribution in [3.8, 4) is 0 Å². The van der Waals surface area contributed by atoms with Crippen LogP contribution in [0.2, 0.25) is 0 Å². The van der Waals surface area contributed by atoms with Crippen LogP contribution in [0.1, 0.15) is 11.1 Å². The van der Waals surface area contributed by atoms with Gasteiger partial charge in [0.2, 0.25) is 0 Å². The molecule has 0 aromatic heterocycles. The molecule has 0 saturated heterocycles. The fraction of sp³-hybridized carbons (Fsp3) is 0.182. The Morgan fingerprint density at radius 1 is 1.38 bits per heavy atom. The van der Waals surface area contributed by atoms with E-state index in [9.17, 15) is 0 Å². The summed E-state index contributed by atoms with van der Waals surface area (Å²) in [6, 6.07) is 7.99. The first-order valence-electron chi connectivity index (χ1n) is 4.10. The number of benzene rings is 1. The van der Waals surface area contributed by atoms with Crippen LogP contribution in [0.5, 0.6) is 0 Å². The average Bonchev–Trinajstić information content (AvgIpc) is 2.16. The second-order valence-corrected chi connectivity index (χ2v) is 3.38. The summed E-state index contributed by atoms with van der Waals surface area (Å²) in [7, 11) is 3.89. The van der Waals surface area contributed by atoms with E-state index in [2.05, 4.69) is 6.58 Å². The number of hydrogen-bond donors (Lipinski definition) is 0. The summed E-state index contributed by atoms with van der Waals surface area (Å²) in [5.41, 5.74) is 2.15. The average molecular weight is 191 g/mol. The highest BCUT2D eigenvalue weighted by Crippen LogP contribution is 2.12. The Kier molecular flexibility index (Phi) is 3.20. The number of thiocarbonyl (C=S) groups is 1. The van der Waals surface area contributed by atoms with Crippen LogP contribution in [-0.4, -0.2) is 24.0 Å². The third kappa shape index (κ3) is 2.16. The maximum absolute atomic E-state index is 5.28. The zero-order chi connectivity index (χ0) is 9.84. The third-order valence-electron chi connectivity index (χ3n) is 1.82. The molecule has 0 spiro atoms. The summed E-state index contributed by atoms with van der Waals surface area (Å²) in [6.07, 6.45) is 1.82. The summed E-state index contributed by atoms with van der Waals surface area (Å²) in [5, 5.41) is 0. The third-order valence-corrected chi connectivity index (χ3v) is 2.40. The SMILES string of the molecule is C=Cc1ccccc1C(=S)N(C)C. The normalized spacial score (nSPS) is 9.38. The van der Waals surface area contributed by atoms with Gasteiger partial charge in [-0.2, -0.15) is 0 Å². The minimum absolute atomic E-state index is 0.843.